The normalized spacial score (nSPS) is 29.5. The van der Waals surface area contributed by atoms with E-state index in [0.717, 1.165) is 31.2 Å². The number of amides is 3. The van der Waals surface area contributed by atoms with Gasteiger partial charge in [-0.15, -0.1) is 0 Å². The van der Waals surface area contributed by atoms with Gasteiger partial charge in [-0.3, -0.25) is 14.4 Å². The number of aliphatic hydroxyl groups is 1. The summed E-state index contributed by atoms with van der Waals surface area (Å²) in [7, 11) is 0. The highest BCUT2D eigenvalue weighted by Crippen LogP contribution is 2.58. The number of unbranched alkanes of at least 4 members (excludes halogenated alkanes) is 3. The van der Waals surface area contributed by atoms with E-state index in [4.69, 9.17) is 9.84 Å². The minimum absolute atomic E-state index is 0.0620. The zero-order valence-electron chi connectivity index (χ0n) is 20.2. The summed E-state index contributed by atoms with van der Waals surface area (Å²) in [5.74, 6) is -1.75. The highest BCUT2D eigenvalue weighted by atomic mass is 16.5. The molecule has 186 valence electrons. The molecule has 3 fully saturated rings. The summed E-state index contributed by atoms with van der Waals surface area (Å²) in [6, 6.07) is 8.89. The van der Waals surface area contributed by atoms with Gasteiger partial charge >= 0.3 is 0 Å². The molecule has 3 saturated heterocycles. The lowest BCUT2D eigenvalue weighted by Crippen LogP contribution is -2.56. The van der Waals surface area contributed by atoms with Crippen molar-refractivity contribution in [3.63, 3.8) is 0 Å². The van der Waals surface area contributed by atoms with Gasteiger partial charge in [-0.05, 0) is 45.1 Å². The lowest BCUT2D eigenvalue weighted by molar-refractivity contribution is -0.142. The Hall–Kier alpha value is -2.45. The van der Waals surface area contributed by atoms with Gasteiger partial charge < -0.3 is 25.4 Å². The first-order valence-electron chi connectivity index (χ1n) is 12.6. The minimum atomic E-state index is -0.944. The SMILES string of the molecule is CC(C)NC(=O)C1N(CCCCCCO)C(=O)[C@@H]2[C@H](C(=O)NCc3ccccc3)[C@@H]3CCC12O3. The van der Waals surface area contributed by atoms with Crippen LogP contribution in [0.1, 0.15) is 57.9 Å². The topological polar surface area (TPSA) is 108 Å². The first-order valence-corrected chi connectivity index (χ1v) is 12.6. The molecule has 5 atom stereocenters. The zero-order chi connectivity index (χ0) is 24.3. The Balaban J connectivity index is 1.53. The van der Waals surface area contributed by atoms with Gasteiger partial charge in [-0.2, -0.15) is 0 Å². The van der Waals surface area contributed by atoms with Crippen LogP contribution in [0.3, 0.4) is 0 Å². The van der Waals surface area contributed by atoms with Crippen LogP contribution >= 0.6 is 0 Å². The Labute approximate surface area is 201 Å². The number of likely N-dealkylation sites (tertiary alicyclic amines) is 1. The van der Waals surface area contributed by atoms with E-state index in [2.05, 4.69) is 10.6 Å². The van der Waals surface area contributed by atoms with Gasteiger partial charge in [0.2, 0.25) is 17.7 Å². The highest BCUT2D eigenvalue weighted by Gasteiger charge is 2.74. The number of benzene rings is 1. The Bertz CT molecular complexity index is 892. The fraction of sp³-hybridized carbons (Fsp3) is 0.654. The van der Waals surface area contributed by atoms with E-state index in [1.54, 1.807) is 4.90 Å². The van der Waals surface area contributed by atoms with Crippen molar-refractivity contribution in [1.29, 1.82) is 0 Å². The maximum Gasteiger partial charge on any atom is 0.246 e. The maximum absolute atomic E-state index is 13.7. The molecule has 1 spiro atoms. The Morgan fingerprint density at radius 2 is 1.88 bits per heavy atom. The van der Waals surface area contributed by atoms with E-state index in [1.807, 2.05) is 44.2 Å². The fourth-order valence-corrected chi connectivity index (χ4v) is 6.01. The van der Waals surface area contributed by atoms with E-state index < -0.39 is 23.5 Å². The molecular weight excluding hydrogens is 434 g/mol. The van der Waals surface area contributed by atoms with Crippen LogP contribution in [0.5, 0.6) is 0 Å². The van der Waals surface area contributed by atoms with Crippen molar-refractivity contribution in [3.8, 4) is 0 Å². The summed E-state index contributed by atoms with van der Waals surface area (Å²) in [6.45, 7) is 4.79. The number of nitrogens with one attached hydrogen (secondary N) is 2. The Morgan fingerprint density at radius 1 is 1.15 bits per heavy atom. The predicted octanol–water partition coefficient (Wildman–Crippen LogP) is 1.75. The van der Waals surface area contributed by atoms with Gasteiger partial charge in [0.15, 0.2) is 0 Å². The van der Waals surface area contributed by atoms with Crippen molar-refractivity contribution in [3.05, 3.63) is 35.9 Å². The van der Waals surface area contributed by atoms with Crippen LogP contribution < -0.4 is 10.6 Å². The van der Waals surface area contributed by atoms with Crippen molar-refractivity contribution in [2.45, 2.75) is 82.7 Å². The molecule has 0 aromatic heterocycles. The third kappa shape index (κ3) is 4.58. The summed E-state index contributed by atoms with van der Waals surface area (Å²) in [5.41, 5.74) is 0.0479. The largest absolute Gasteiger partial charge is 0.396 e. The second-order valence-electron chi connectivity index (χ2n) is 10.1. The predicted molar refractivity (Wildman–Crippen MR) is 126 cm³/mol. The Morgan fingerprint density at radius 3 is 2.59 bits per heavy atom. The lowest BCUT2D eigenvalue weighted by atomic mass is 9.70. The number of fused-ring (bicyclic) bond motifs is 1. The molecule has 4 rings (SSSR count). The third-order valence-electron chi connectivity index (χ3n) is 7.40. The van der Waals surface area contributed by atoms with Gasteiger partial charge in [-0.25, -0.2) is 0 Å². The number of rotatable bonds is 11. The third-order valence-corrected chi connectivity index (χ3v) is 7.40. The van der Waals surface area contributed by atoms with Crippen molar-refractivity contribution in [1.82, 2.24) is 15.5 Å². The summed E-state index contributed by atoms with van der Waals surface area (Å²) >= 11 is 0. The number of carbonyl (C=O) groups is 3. The standard InChI is InChI=1S/C26H37N3O5/c1-17(2)28-24(32)22-26-13-12-19(34-26)20(23(31)27-16-18-10-6-5-7-11-18)21(26)25(33)29(22)14-8-3-4-9-15-30/h5-7,10-11,17,19-22,30H,3-4,8-9,12-16H2,1-2H3,(H,27,31)(H,28,32)/t19-,20+,21-,22?,26?/m0/s1. The van der Waals surface area contributed by atoms with Crippen LogP contribution in [0.4, 0.5) is 0 Å². The molecule has 1 aromatic carbocycles. The van der Waals surface area contributed by atoms with Crippen LogP contribution in [0.25, 0.3) is 0 Å². The van der Waals surface area contributed by atoms with Gasteiger partial charge in [0, 0.05) is 25.7 Å². The summed E-state index contributed by atoms with van der Waals surface area (Å²) in [5, 5.41) is 15.0. The maximum atomic E-state index is 13.7. The summed E-state index contributed by atoms with van der Waals surface area (Å²) < 4.78 is 6.41. The monoisotopic (exact) mass is 471 g/mol. The fourth-order valence-electron chi connectivity index (χ4n) is 6.01. The number of nitrogens with zero attached hydrogens (tertiary/aromatic N) is 1. The van der Waals surface area contributed by atoms with Crippen molar-refractivity contribution >= 4 is 17.7 Å². The van der Waals surface area contributed by atoms with E-state index in [-0.39, 0.29) is 36.5 Å². The van der Waals surface area contributed by atoms with Crippen LogP contribution in [0.15, 0.2) is 30.3 Å². The van der Waals surface area contributed by atoms with Gasteiger partial charge in [0.05, 0.1) is 17.9 Å². The molecule has 2 unspecified atom stereocenters. The molecule has 3 amide bonds. The molecule has 0 saturated carbocycles. The minimum Gasteiger partial charge on any atom is -0.396 e. The quantitative estimate of drug-likeness (QED) is 0.426. The van der Waals surface area contributed by atoms with Gasteiger partial charge in [0.25, 0.3) is 0 Å². The highest BCUT2D eigenvalue weighted by molar-refractivity contribution is 5.98. The number of hydrogen-bond donors (Lipinski definition) is 3. The molecular formula is C26H37N3O5. The molecule has 1 aromatic rings. The first-order chi connectivity index (χ1) is 16.4. The lowest BCUT2D eigenvalue weighted by Gasteiger charge is -2.34. The molecule has 3 aliphatic heterocycles. The second kappa shape index (κ2) is 10.4. The number of ether oxygens (including phenoxy) is 1. The van der Waals surface area contributed by atoms with E-state index in [1.165, 1.54) is 0 Å². The number of hydrogen-bond acceptors (Lipinski definition) is 5. The van der Waals surface area contributed by atoms with E-state index in [0.29, 0.717) is 25.9 Å². The zero-order valence-corrected chi connectivity index (χ0v) is 20.2. The number of carbonyl (C=O) groups excluding carboxylic acids is 3. The van der Waals surface area contributed by atoms with Crippen LogP contribution in [0.2, 0.25) is 0 Å². The van der Waals surface area contributed by atoms with Gasteiger partial charge in [-0.1, -0.05) is 43.2 Å². The summed E-state index contributed by atoms with van der Waals surface area (Å²) in [4.78, 5) is 42.0. The molecule has 0 aliphatic carbocycles. The van der Waals surface area contributed by atoms with Crippen LogP contribution in [-0.4, -0.2) is 64.7 Å². The van der Waals surface area contributed by atoms with Crippen molar-refractivity contribution in [2.24, 2.45) is 11.8 Å². The average Bonchev–Trinajstić information content (AvgIpc) is 3.45. The van der Waals surface area contributed by atoms with Crippen molar-refractivity contribution in [2.75, 3.05) is 13.2 Å². The molecule has 3 heterocycles. The number of aliphatic hydroxyl groups excluding tert-OH is 1. The molecule has 2 bridgehead atoms. The van der Waals surface area contributed by atoms with Crippen molar-refractivity contribution < 1.29 is 24.2 Å². The van der Waals surface area contributed by atoms with Crippen LogP contribution in [0, 0.1) is 11.8 Å². The van der Waals surface area contributed by atoms with E-state index >= 15 is 0 Å². The Kier molecular flexibility index (Phi) is 7.57. The molecule has 0 radical (unpaired) electrons. The molecule has 34 heavy (non-hydrogen) atoms. The molecule has 3 N–H and O–H groups in total. The molecule has 8 nitrogen and oxygen atoms in total. The molecule has 8 heteroatoms. The van der Waals surface area contributed by atoms with Crippen LogP contribution in [-0.2, 0) is 25.7 Å². The smallest absolute Gasteiger partial charge is 0.246 e. The van der Waals surface area contributed by atoms with E-state index in [9.17, 15) is 14.4 Å². The first kappa shape index (κ1) is 24.7. The van der Waals surface area contributed by atoms with Gasteiger partial charge in [0.1, 0.15) is 11.6 Å². The molecule has 3 aliphatic rings. The average molecular weight is 472 g/mol. The second-order valence-corrected chi connectivity index (χ2v) is 10.1. The summed E-state index contributed by atoms with van der Waals surface area (Å²) in [6.07, 6.45) is 4.15.